The van der Waals surface area contributed by atoms with Gasteiger partial charge in [0.15, 0.2) is 0 Å². The van der Waals surface area contributed by atoms with Crippen molar-refractivity contribution < 1.29 is 0 Å². The molecule has 90 valence electrons. The number of hydrogen-bond acceptors (Lipinski definition) is 4. The minimum absolute atomic E-state index is 0. The number of hydrogen-bond donors (Lipinski definition) is 2. The van der Waals surface area contributed by atoms with E-state index in [1.807, 2.05) is 6.92 Å². The minimum atomic E-state index is 0. The number of nitrogens with one attached hydrogen (secondary N) is 2. The molecule has 1 saturated heterocycles. The average Bonchev–Trinajstić information content (AvgIpc) is 2.17. The number of halogens is 2. The lowest BCUT2D eigenvalue weighted by Crippen LogP contribution is -2.38. The summed E-state index contributed by atoms with van der Waals surface area (Å²) in [7, 11) is 0. The van der Waals surface area contributed by atoms with Crippen LogP contribution in [0.15, 0.2) is 6.07 Å². The fraction of sp³-hybridized carbons (Fsp3) is 0.600. The van der Waals surface area contributed by atoms with Gasteiger partial charge in [-0.15, -0.1) is 12.4 Å². The van der Waals surface area contributed by atoms with Crippen LogP contribution in [0.25, 0.3) is 0 Å². The number of anilines is 1. The number of aryl methyl sites for hydroxylation is 1. The van der Waals surface area contributed by atoms with Crippen LogP contribution in [0, 0.1) is 6.92 Å². The molecule has 0 aromatic carbocycles. The molecule has 2 N–H and O–H groups in total. The molecule has 0 amide bonds. The van der Waals surface area contributed by atoms with Crippen molar-refractivity contribution in [2.75, 3.05) is 18.4 Å². The average molecular weight is 263 g/mol. The molecule has 6 heteroatoms. The number of piperidine rings is 1. The Bertz CT molecular complexity index is 319. The van der Waals surface area contributed by atoms with Crippen molar-refractivity contribution in [3.8, 4) is 0 Å². The summed E-state index contributed by atoms with van der Waals surface area (Å²) in [6.45, 7) is 3.99. The van der Waals surface area contributed by atoms with Gasteiger partial charge in [0.1, 0.15) is 5.15 Å². The molecule has 1 aromatic rings. The summed E-state index contributed by atoms with van der Waals surface area (Å²) in [6, 6.07) is 2.17. The second-order valence-electron chi connectivity index (χ2n) is 3.84. The van der Waals surface area contributed by atoms with Crippen molar-refractivity contribution in [2.24, 2.45) is 0 Å². The van der Waals surface area contributed by atoms with Gasteiger partial charge >= 0.3 is 0 Å². The van der Waals surface area contributed by atoms with E-state index < -0.39 is 0 Å². The Kier molecular flexibility index (Phi) is 5.25. The lowest BCUT2D eigenvalue weighted by molar-refractivity contribution is 0.478. The zero-order valence-corrected chi connectivity index (χ0v) is 10.7. The first-order valence-corrected chi connectivity index (χ1v) is 5.60. The number of rotatable bonds is 2. The molecule has 1 unspecified atom stereocenters. The Morgan fingerprint density at radius 2 is 2.31 bits per heavy atom. The zero-order chi connectivity index (χ0) is 10.7. The standard InChI is InChI=1S/C10H15ClN4.ClH/c1-7-5-9(11)15-10(13-7)14-8-3-2-4-12-6-8;/h5,8,12H,2-4,6H2,1H3,(H,13,14,15);1H. The maximum atomic E-state index is 5.86. The van der Waals surface area contributed by atoms with Crippen LogP contribution in [0.2, 0.25) is 5.15 Å². The van der Waals surface area contributed by atoms with Crippen LogP contribution in [0.1, 0.15) is 18.5 Å². The topological polar surface area (TPSA) is 49.8 Å². The van der Waals surface area contributed by atoms with Crippen LogP contribution in [-0.4, -0.2) is 29.1 Å². The molecule has 1 aliphatic heterocycles. The van der Waals surface area contributed by atoms with Crippen molar-refractivity contribution >= 4 is 30.0 Å². The molecule has 0 radical (unpaired) electrons. The number of aromatic nitrogens is 2. The molecule has 4 nitrogen and oxygen atoms in total. The summed E-state index contributed by atoms with van der Waals surface area (Å²) in [6.07, 6.45) is 2.35. The van der Waals surface area contributed by atoms with Gasteiger partial charge in [0.25, 0.3) is 0 Å². The van der Waals surface area contributed by atoms with Crippen LogP contribution in [0.4, 0.5) is 5.95 Å². The third kappa shape index (κ3) is 3.77. The van der Waals surface area contributed by atoms with Gasteiger partial charge < -0.3 is 10.6 Å². The molecule has 1 aromatic heterocycles. The van der Waals surface area contributed by atoms with Crippen LogP contribution in [0.3, 0.4) is 0 Å². The molecule has 1 aliphatic rings. The molecule has 1 atom stereocenters. The molecule has 0 spiro atoms. The highest BCUT2D eigenvalue weighted by atomic mass is 35.5. The van der Waals surface area contributed by atoms with E-state index in [0.717, 1.165) is 25.2 Å². The Morgan fingerprint density at radius 1 is 1.50 bits per heavy atom. The van der Waals surface area contributed by atoms with Gasteiger partial charge in [-0.2, -0.15) is 0 Å². The van der Waals surface area contributed by atoms with Crippen LogP contribution >= 0.6 is 24.0 Å². The molecular weight excluding hydrogens is 247 g/mol. The fourth-order valence-corrected chi connectivity index (χ4v) is 1.99. The van der Waals surface area contributed by atoms with E-state index >= 15 is 0 Å². The van der Waals surface area contributed by atoms with Gasteiger partial charge in [-0.1, -0.05) is 11.6 Å². The summed E-state index contributed by atoms with van der Waals surface area (Å²) in [5, 5.41) is 7.12. The Labute approximate surface area is 107 Å². The van der Waals surface area contributed by atoms with Gasteiger partial charge in [0.2, 0.25) is 5.95 Å². The Hall–Kier alpha value is -0.580. The predicted octanol–water partition coefficient (Wildman–Crippen LogP) is 2.02. The summed E-state index contributed by atoms with van der Waals surface area (Å²) < 4.78 is 0. The van der Waals surface area contributed by atoms with Gasteiger partial charge in [0.05, 0.1) is 0 Å². The number of nitrogens with zero attached hydrogens (tertiary/aromatic N) is 2. The largest absolute Gasteiger partial charge is 0.350 e. The van der Waals surface area contributed by atoms with Crippen LogP contribution < -0.4 is 10.6 Å². The van der Waals surface area contributed by atoms with E-state index in [1.54, 1.807) is 6.07 Å². The van der Waals surface area contributed by atoms with Gasteiger partial charge in [-0.3, -0.25) is 0 Å². The summed E-state index contributed by atoms with van der Waals surface area (Å²) >= 11 is 5.86. The van der Waals surface area contributed by atoms with E-state index in [2.05, 4.69) is 20.6 Å². The SMILES string of the molecule is Cc1cc(Cl)nc(NC2CCCNC2)n1.Cl. The van der Waals surface area contributed by atoms with Crippen LogP contribution in [0.5, 0.6) is 0 Å². The highest BCUT2D eigenvalue weighted by molar-refractivity contribution is 6.29. The van der Waals surface area contributed by atoms with E-state index in [1.165, 1.54) is 6.42 Å². The molecule has 2 heterocycles. The van der Waals surface area contributed by atoms with Gasteiger partial charge in [-0.05, 0) is 32.4 Å². The molecule has 16 heavy (non-hydrogen) atoms. The Morgan fingerprint density at radius 3 is 2.94 bits per heavy atom. The van der Waals surface area contributed by atoms with Crippen molar-refractivity contribution in [1.29, 1.82) is 0 Å². The lowest BCUT2D eigenvalue weighted by Gasteiger charge is -2.23. The molecular formula is C10H16Cl2N4. The van der Waals surface area contributed by atoms with E-state index in [4.69, 9.17) is 11.6 Å². The monoisotopic (exact) mass is 262 g/mol. The molecule has 2 rings (SSSR count). The zero-order valence-electron chi connectivity index (χ0n) is 9.16. The third-order valence-corrected chi connectivity index (χ3v) is 2.65. The highest BCUT2D eigenvalue weighted by Gasteiger charge is 2.13. The minimum Gasteiger partial charge on any atom is -0.350 e. The quantitative estimate of drug-likeness (QED) is 0.801. The van der Waals surface area contributed by atoms with Crippen LogP contribution in [-0.2, 0) is 0 Å². The smallest absolute Gasteiger partial charge is 0.224 e. The molecule has 0 bridgehead atoms. The van der Waals surface area contributed by atoms with E-state index in [-0.39, 0.29) is 12.4 Å². The van der Waals surface area contributed by atoms with Crippen molar-refractivity contribution in [3.63, 3.8) is 0 Å². The first-order valence-electron chi connectivity index (χ1n) is 5.22. The fourth-order valence-electron chi connectivity index (χ4n) is 1.75. The maximum Gasteiger partial charge on any atom is 0.224 e. The first kappa shape index (κ1) is 13.5. The maximum absolute atomic E-state index is 5.86. The van der Waals surface area contributed by atoms with E-state index in [9.17, 15) is 0 Å². The third-order valence-electron chi connectivity index (χ3n) is 2.45. The molecule has 1 fully saturated rings. The Balaban J connectivity index is 0.00000128. The summed E-state index contributed by atoms with van der Waals surface area (Å²) in [5.74, 6) is 0.633. The van der Waals surface area contributed by atoms with Crippen molar-refractivity contribution in [3.05, 3.63) is 16.9 Å². The second-order valence-corrected chi connectivity index (χ2v) is 4.23. The first-order chi connectivity index (χ1) is 7.24. The second kappa shape index (κ2) is 6.23. The van der Waals surface area contributed by atoms with E-state index in [0.29, 0.717) is 17.1 Å². The summed E-state index contributed by atoms with van der Waals surface area (Å²) in [4.78, 5) is 8.44. The predicted molar refractivity (Wildman–Crippen MR) is 68.5 cm³/mol. The van der Waals surface area contributed by atoms with Gasteiger partial charge in [0, 0.05) is 18.3 Å². The highest BCUT2D eigenvalue weighted by Crippen LogP contribution is 2.12. The lowest BCUT2D eigenvalue weighted by atomic mass is 10.1. The van der Waals surface area contributed by atoms with Crippen molar-refractivity contribution in [1.82, 2.24) is 15.3 Å². The molecule has 0 aliphatic carbocycles. The molecule has 0 saturated carbocycles. The van der Waals surface area contributed by atoms with Gasteiger partial charge in [-0.25, -0.2) is 9.97 Å². The van der Waals surface area contributed by atoms with Crippen molar-refractivity contribution in [2.45, 2.75) is 25.8 Å². The summed E-state index contributed by atoms with van der Waals surface area (Å²) in [5.41, 5.74) is 0.890. The normalized spacial score (nSPS) is 20.0.